The Morgan fingerprint density at radius 3 is 3.17 bits per heavy atom. The first-order valence-corrected chi connectivity index (χ1v) is 6.45. The van der Waals surface area contributed by atoms with Crippen molar-refractivity contribution in [2.45, 2.75) is 12.8 Å². The third-order valence-corrected chi connectivity index (χ3v) is 3.38. The molecule has 0 bridgehead atoms. The predicted molar refractivity (Wildman–Crippen MR) is 71.6 cm³/mol. The number of aromatic nitrogens is 2. The van der Waals surface area contributed by atoms with Gasteiger partial charge in [0.1, 0.15) is 0 Å². The van der Waals surface area contributed by atoms with Crippen LogP contribution < -0.4 is 5.32 Å². The average molecular weight is 243 g/mol. The van der Waals surface area contributed by atoms with Crippen LogP contribution in [0.4, 0.5) is 5.82 Å². The van der Waals surface area contributed by atoms with Gasteiger partial charge in [-0.2, -0.15) is 5.10 Å². The molecule has 0 radical (unpaired) electrons. The van der Waals surface area contributed by atoms with Crippen LogP contribution in [0.1, 0.15) is 12.8 Å². The summed E-state index contributed by atoms with van der Waals surface area (Å²) in [5.41, 5.74) is 0. The Balaban J connectivity index is 1.74. The molecular weight excluding hydrogens is 226 g/mol. The molecule has 1 unspecified atom stereocenters. The van der Waals surface area contributed by atoms with Crippen LogP contribution in [0.5, 0.6) is 0 Å². The number of benzene rings is 1. The molecule has 3 rings (SSSR count). The van der Waals surface area contributed by atoms with Gasteiger partial charge >= 0.3 is 0 Å². The molecular formula is C14H17N3O. The third-order valence-electron chi connectivity index (χ3n) is 3.38. The van der Waals surface area contributed by atoms with E-state index in [0.29, 0.717) is 5.92 Å². The Morgan fingerprint density at radius 1 is 1.33 bits per heavy atom. The number of rotatable bonds is 3. The normalized spacial score (nSPS) is 19.9. The maximum atomic E-state index is 5.48. The van der Waals surface area contributed by atoms with Crippen LogP contribution in [0.25, 0.3) is 10.8 Å². The van der Waals surface area contributed by atoms with E-state index in [1.54, 1.807) is 6.20 Å². The van der Waals surface area contributed by atoms with E-state index in [2.05, 4.69) is 27.6 Å². The van der Waals surface area contributed by atoms with Gasteiger partial charge in [0.05, 0.1) is 12.8 Å². The summed E-state index contributed by atoms with van der Waals surface area (Å²) in [6, 6.07) is 8.17. The van der Waals surface area contributed by atoms with Gasteiger partial charge in [0.25, 0.3) is 0 Å². The van der Waals surface area contributed by atoms with Gasteiger partial charge in [-0.3, -0.25) is 0 Å². The molecule has 94 valence electrons. The number of nitrogens with one attached hydrogen (secondary N) is 1. The number of hydrogen-bond acceptors (Lipinski definition) is 4. The first-order valence-electron chi connectivity index (χ1n) is 6.45. The molecule has 1 saturated heterocycles. The van der Waals surface area contributed by atoms with Crippen molar-refractivity contribution in [3.8, 4) is 0 Å². The van der Waals surface area contributed by atoms with Crippen molar-refractivity contribution in [2.24, 2.45) is 5.92 Å². The molecule has 1 atom stereocenters. The van der Waals surface area contributed by atoms with Gasteiger partial charge in [0.2, 0.25) is 0 Å². The first kappa shape index (κ1) is 11.4. The quantitative estimate of drug-likeness (QED) is 0.899. The van der Waals surface area contributed by atoms with Crippen LogP contribution in [0.3, 0.4) is 0 Å². The summed E-state index contributed by atoms with van der Waals surface area (Å²) in [5, 5.41) is 13.9. The van der Waals surface area contributed by atoms with Gasteiger partial charge in [0.15, 0.2) is 5.82 Å². The topological polar surface area (TPSA) is 47.0 Å². The standard InChI is InChI=1S/C14H17N3O/c1-2-6-13-12(5-1)9-16-17-14(13)15-8-11-4-3-7-18-10-11/h1-2,5-6,9,11H,3-4,7-8,10H2,(H,15,17). The Bertz CT molecular complexity index is 518. The zero-order valence-corrected chi connectivity index (χ0v) is 10.3. The summed E-state index contributed by atoms with van der Waals surface area (Å²) in [7, 11) is 0. The van der Waals surface area contributed by atoms with Gasteiger partial charge in [-0.05, 0) is 18.8 Å². The first-order chi connectivity index (χ1) is 8.93. The number of anilines is 1. The lowest BCUT2D eigenvalue weighted by Gasteiger charge is -2.22. The second-order valence-electron chi connectivity index (χ2n) is 4.74. The smallest absolute Gasteiger partial charge is 0.156 e. The summed E-state index contributed by atoms with van der Waals surface area (Å²) < 4.78 is 5.48. The molecule has 1 fully saturated rings. The summed E-state index contributed by atoms with van der Waals surface area (Å²) >= 11 is 0. The van der Waals surface area contributed by atoms with Crippen LogP contribution >= 0.6 is 0 Å². The van der Waals surface area contributed by atoms with Crippen molar-refractivity contribution in [2.75, 3.05) is 25.1 Å². The molecule has 4 nitrogen and oxygen atoms in total. The molecule has 0 amide bonds. The fraction of sp³-hybridized carbons (Fsp3) is 0.429. The summed E-state index contributed by atoms with van der Waals surface area (Å²) in [5.74, 6) is 1.46. The molecule has 4 heteroatoms. The van der Waals surface area contributed by atoms with E-state index >= 15 is 0 Å². The zero-order chi connectivity index (χ0) is 12.2. The lowest BCUT2D eigenvalue weighted by molar-refractivity contribution is 0.0595. The zero-order valence-electron chi connectivity index (χ0n) is 10.3. The highest BCUT2D eigenvalue weighted by atomic mass is 16.5. The van der Waals surface area contributed by atoms with Crippen molar-refractivity contribution in [1.29, 1.82) is 0 Å². The maximum absolute atomic E-state index is 5.48. The largest absolute Gasteiger partial charge is 0.381 e. The molecule has 0 aliphatic carbocycles. The van der Waals surface area contributed by atoms with Gasteiger partial charge in [0, 0.05) is 23.9 Å². The number of nitrogens with zero attached hydrogens (tertiary/aromatic N) is 2. The Kier molecular flexibility index (Phi) is 3.37. The highest BCUT2D eigenvalue weighted by molar-refractivity contribution is 5.90. The van der Waals surface area contributed by atoms with Crippen LogP contribution in [-0.4, -0.2) is 30.0 Å². The molecule has 1 N–H and O–H groups in total. The van der Waals surface area contributed by atoms with E-state index in [9.17, 15) is 0 Å². The lowest BCUT2D eigenvalue weighted by Crippen LogP contribution is -2.24. The summed E-state index contributed by atoms with van der Waals surface area (Å²) in [4.78, 5) is 0. The highest BCUT2D eigenvalue weighted by Gasteiger charge is 2.14. The van der Waals surface area contributed by atoms with Gasteiger partial charge in [-0.25, -0.2) is 0 Å². The van der Waals surface area contributed by atoms with Crippen molar-refractivity contribution in [1.82, 2.24) is 10.2 Å². The second kappa shape index (κ2) is 5.31. The van der Waals surface area contributed by atoms with Gasteiger partial charge in [-0.1, -0.05) is 24.3 Å². The molecule has 1 aromatic carbocycles. The Morgan fingerprint density at radius 2 is 2.28 bits per heavy atom. The maximum Gasteiger partial charge on any atom is 0.156 e. The fourth-order valence-electron chi connectivity index (χ4n) is 2.37. The molecule has 0 saturated carbocycles. The Hall–Kier alpha value is -1.68. The number of ether oxygens (including phenoxy) is 1. The molecule has 18 heavy (non-hydrogen) atoms. The van der Waals surface area contributed by atoms with Crippen molar-refractivity contribution >= 4 is 16.6 Å². The van der Waals surface area contributed by atoms with E-state index < -0.39 is 0 Å². The number of fused-ring (bicyclic) bond motifs is 1. The second-order valence-corrected chi connectivity index (χ2v) is 4.74. The van der Waals surface area contributed by atoms with Crippen molar-refractivity contribution in [3.63, 3.8) is 0 Å². The van der Waals surface area contributed by atoms with Crippen LogP contribution in [0, 0.1) is 5.92 Å². The van der Waals surface area contributed by atoms with Crippen molar-refractivity contribution in [3.05, 3.63) is 30.5 Å². The molecule has 2 heterocycles. The van der Waals surface area contributed by atoms with E-state index in [4.69, 9.17) is 4.74 Å². The Labute approximate surface area is 106 Å². The minimum Gasteiger partial charge on any atom is -0.381 e. The van der Waals surface area contributed by atoms with E-state index in [1.807, 2.05) is 12.1 Å². The van der Waals surface area contributed by atoms with Gasteiger partial charge < -0.3 is 10.1 Å². The SMILES string of the molecule is c1ccc2c(NCC3CCCOC3)nncc2c1. The van der Waals surface area contributed by atoms with Crippen LogP contribution in [0.15, 0.2) is 30.5 Å². The molecule has 2 aromatic rings. The van der Waals surface area contributed by atoms with E-state index in [1.165, 1.54) is 6.42 Å². The predicted octanol–water partition coefficient (Wildman–Crippen LogP) is 2.47. The lowest BCUT2D eigenvalue weighted by atomic mass is 10.0. The monoisotopic (exact) mass is 243 g/mol. The third kappa shape index (κ3) is 2.43. The summed E-state index contributed by atoms with van der Waals surface area (Å²) in [6.45, 7) is 2.67. The average Bonchev–Trinajstić information content (AvgIpc) is 2.46. The molecule has 1 aromatic heterocycles. The molecule has 1 aliphatic rings. The number of hydrogen-bond donors (Lipinski definition) is 1. The minimum absolute atomic E-state index is 0.583. The molecule has 0 spiro atoms. The minimum atomic E-state index is 0.583. The van der Waals surface area contributed by atoms with Crippen LogP contribution in [-0.2, 0) is 4.74 Å². The van der Waals surface area contributed by atoms with E-state index in [0.717, 1.165) is 42.8 Å². The highest BCUT2D eigenvalue weighted by Crippen LogP contribution is 2.20. The van der Waals surface area contributed by atoms with Crippen LogP contribution in [0.2, 0.25) is 0 Å². The van der Waals surface area contributed by atoms with Crippen molar-refractivity contribution < 1.29 is 4.74 Å². The van der Waals surface area contributed by atoms with Gasteiger partial charge in [-0.15, -0.1) is 5.10 Å². The molecule has 1 aliphatic heterocycles. The van der Waals surface area contributed by atoms with E-state index in [-0.39, 0.29) is 0 Å². The fourth-order valence-corrected chi connectivity index (χ4v) is 2.37. The summed E-state index contributed by atoms with van der Waals surface area (Å²) in [6.07, 6.45) is 4.18.